The van der Waals surface area contributed by atoms with Crippen molar-refractivity contribution in [3.05, 3.63) is 132 Å². The molecule has 0 aromatic rings. The van der Waals surface area contributed by atoms with E-state index < -0.39 is 0 Å². The molecule has 270 valence electrons. The molecule has 4 fully saturated rings. The normalized spacial score (nSPS) is 47.8. The highest BCUT2D eigenvalue weighted by Crippen LogP contribution is 2.68. The Hall–Kier alpha value is -3.18. The second kappa shape index (κ2) is 13.0. The third-order valence-electron chi connectivity index (χ3n) is 15.5. The molecule has 1 spiro atoms. The van der Waals surface area contributed by atoms with E-state index in [1.807, 2.05) is 0 Å². The molecule has 0 bridgehead atoms. The molecule has 7 aliphatic carbocycles. The summed E-state index contributed by atoms with van der Waals surface area (Å²) in [6, 6.07) is 1.47. The standard InChI is InChI=1S/C48H56N2O2/c1-2-13-33(14-3-1)50-41-20-7-4-15-35(41)36-26-24-31(29-42(36)50)34-16-12-23-45-47(34)48(37-17-5-8-21-43(37)51-45)38-18-6-9-22-44(38)52-46-30-32(25-27-39(46)48)40-19-10-11-28-49-40/h1-2,4,6,9-13,15-16,18,22-27,29,32,35-47,49H,3,5,7-8,14,17,19-21,28,30H2. The van der Waals surface area contributed by atoms with Crippen LogP contribution in [0.4, 0.5) is 0 Å². The average molecular weight is 693 g/mol. The molecule has 1 saturated carbocycles. The molecule has 0 amide bonds. The summed E-state index contributed by atoms with van der Waals surface area (Å²) in [6.07, 6.45) is 59.5. The van der Waals surface area contributed by atoms with Gasteiger partial charge in [-0.2, -0.15) is 0 Å². The third-order valence-corrected chi connectivity index (χ3v) is 15.5. The van der Waals surface area contributed by atoms with E-state index in [0.29, 0.717) is 59.7 Å². The van der Waals surface area contributed by atoms with Crippen LogP contribution in [0.3, 0.4) is 0 Å². The van der Waals surface area contributed by atoms with Crippen LogP contribution in [-0.2, 0) is 9.47 Å². The highest BCUT2D eigenvalue weighted by atomic mass is 16.5. The summed E-state index contributed by atoms with van der Waals surface area (Å²) in [6.45, 7) is 0.977. The summed E-state index contributed by atoms with van der Waals surface area (Å²) in [5, 5.41) is 3.83. The van der Waals surface area contributed by atoms with Crippen molar-refractivity contribution in [1.29, 1.82) is 0 Å². The van der Waals surface area contributed by atoms with Crippen LogP contribution in [0.2, 0.25) is 0 Å². The minimum absolute atomic E-state index is 0.00904. The van der Waals surface area contributed by atoms with Gasteiger partial charge in [0.25, 0.3) is 0 Å². The van der Waals surface area contributed by atoms with Gasteiger partial charge in [0, 0.05) is 59.3 Å². The minimum atomic E-state index is 0.00904. The molecular formula is C48H56N2O2. The molecule has 15 unspecified atom stereocenters. The van der Waals surface area contributed by atoms with Gasteiger partial charge in [0.05, 0.1) is 30.5 Å². The molecule has 11 aliphatic rings. The Balaban J connectivity index is 1.04. The van der Waals surface area contributed by atoms with Gasteiger partial charge >= 0.3 is 0 Å². The third kappa shape index (κ3) is 4.89. The highest BCUT2D eigenvalue weighted by Gasteiger charge is 2.68. The van der Waals surface area contributed by atoms with Crippen molar-refractivity contribution < 1.29 is 9.47 Å². The van der Waals surface area contributed by atoms with Crippen molar-refractivity contribution >= 4 is 0 Å². The maximum Gasteiger partial charge on any atom is 0.0837 e. The number of nitrogens with zero attached hydrogens (tertiary/aromatic N) is 1. The van der Waals surface area contributed by atoms with E-state index in [-0.39, 0.29) is 29.6 Å². The van der Waals surface area contributed by atoms with Crippen LogP contribution in [0.5, 0.6) is 0 Å². The topological polar surface area (TPSA) is 33.7 Å². The number of hydrogen-bond acceptors (Lipinski definition) is 4. The predicted molar refractivity (Wildman–Crippen MR) is 209 cm³/mol. The molecule has 0 aromatic carbocycles. The quantitative estimate of drug-likeness (QED) is 0.300. The lowest BCUT2D eigenvalue weighted by molar-refractivity contribution is -0.261. The molecule has 3 saturated heterocycles. The summed E-state index contributed by atoms with van der Waals surface area (Å²) in [7, 11) is 0. The SMILES string of the molecule is C1=CCCC(N2C3C=C(C4=CC=CC5OC6CCCCC6C6(C7C=CC=CC7OC7CC(C8CC=CCN8)C=CC76)C45)C=CC3C3C=CCCC32)=C1. The van der Waals surface area contributed by atoms with Gasteiger partial charge in [-0.25, -0.2) is 0 Å². The highest BCUT2D eigenvalue weighted by molar-refractivity contribution is 5.52. The second-order valence-electron chi connectivity index (χ2n) is 17.7. The molecule has 0 radical (unpaired) electrons. The van der Waals surface area contributed by atoms with Crippen LogP contribution < -0.4 is 5.32 Å². The van der Waals surface area contributed by atoms with Crippen molar-refractivity contribution in [2.75, 3.05) is 6.54 Å². The second-order valence-corrected chi connectivity index (χ2v) is 17.7. The molecular weight excluding hydrogens is 637 g/mol. The van der Waals surface area contributed by atoms with Gasteiger partial charge in [-0.3, -0.25) is 0 Å². The molecule has 11 rings (SSSR count). The first-order valence-corrected chi connectivity index (χ1v) is 21.1. The number of hydrogen-bond donors (Lipinski definition) is 1. The first kappa shape index (κ1) is 32.3. The Morgan fingerprint density at radius 1 is 0.731 bits per heavy atom. The van der Waals surface area contributed by atoms with Gasteiger partial charge in [-0.05, 0) is 80.4 Å². The van der Waals surface area contributed by atoms with E-state index in [9.17, 15) is 0 Å². The number of ether oxygens (including phenoxy) is 2. The zero-order chi connectivity index (χ0) is 34.2. The average Bonchev–Trinajstić information content (AvgIpc) is 3.54. The Morgan fingerprint density at radius 3 is 2.58 bits per heavy atom. The maximum atomic E-state index is 7.36. The van der Waals surface area contributed by atoms with Gasteiger partial charge in [-0.15, -0.1) is 0 Å². The van der Waals surface area contributed by atoms with Crippen LogP contribution in [0.15, 0.2) is 132 Å². The fourth-order valence-electron chi connectivity index (χ4n) is 13.6. The summed E-state index contributed by atoms with van der Waals surface area (Å²) < 4.78 is 14.7. The molecule has 0 aromatic heterocycles. The number of likely N-dealkylation sites (tertiary alicyclic amines) is 1. The molecule has 1 N–H and O–H groups in total. The van der Waals surface area contributed by atoms with Gasteiger partial charge in [0.1, 0.15) is 0 Å². The summed E-state index contributed by atoms with van der Waals surface area (Å²) in [5.74, 6) is 3.07. The predicted octanol–water partition coefficient (Wildman–Crippen LogP) is 9.03. The molecule has 4 heteroatoms. The van der Waals surface area contributed by atoms with E-state index in [0.717, 1.165) is 32.2 Å². The minimum Gasteiger partial charge on any atom is -0.370 e. The first-order valence-electron chi connectivity index (χ1n) is 21.1. The molecule has 4 nitrogen and oxygen atoms in total. The summed E-state index contributed by atoms with van der Waals surface area (Å²) >= 11 is 0. The van der Waals surface area contributed by atoms with Crippen molar-refractivity contribution in [1.82, 2.24) is 10.2 Å². The summed E-state index contributed by atoms with van der Waals surface area (Å²) in [4.78, 5) is 2.88. The van der Waals surface area contributed by atoms with E-state index in [1.54, 1.807) is 5.70 Å². The molecule has 4 aliphatic heterocycles. The lowest BCUT2D eigenvalue weighted by atomic mass is 9.42. The Kier molecular flexibility index (Phi) is 8.06. The Labute approximate surface area is 311 Å². The maximum absolute atomic E-state index is 7.36. The van der Waals surface area contributed by atoms with Gasteiger partial charge in [0.2, 0.25) is 0 Å². The van der Waals surface area contributed by atoms with Crippen molar-refractivity contribution in [2.24, 2.45) is 46.8 Å². The lowest BCUT2D eigenvalue weighted by Crippen LogP contribution is -2.69. The van der Waals surface area contributed by atoms with Crippen LogP contribution >= 0.6 is 0 Å². The van der Waals surface area contributed by atoms with Crippen molar-refractivity contribution in [3.8, 4) is 0 Å². The smallest absolute Gasteiger partial charge is 0.0837 e. The fraction of sp³-hybridized carbons (Fsp3) is 0.542. The molecule has 52 heavy (non-hydrogen) atoms. The van der Waals surface area contributed by atoms with Crippen LogP contribution in [0.25, 0.3) is 0 Å². The fourth-order valence-corrected chi connectivity index (χ4v) is 13.6. The van der Waals surface area contributed by atoms with Crippen LogP contribution in [0, 0.1) is 46.8 Å². The van der Waals surface area contributed by atoms with Gasteiger partial charge in [-0.1, -0.05) is 122 Å². The molecule has 4 heterocycles. The van der Waals surface area contributed by atoms with E-state index in [1.165, 1.54) is 49.7 Å². The Morgan fingerprint density at radius 2 is 1.65 bits per heavy atom. The van der Waals surface area contributed by atoms with Crippen molar-refractivity contribution in [3.63, 3.8) is 0 Å². The number of rotatable bonds is 3. The molecule has 15 atom stereocenters. The summed E-state index contributed by atoms with van der Waals surface area (Å²) in [5.41, 5.74) is 4.52. The van der Waals surface area contributed by atoms with Crippen LogP contribution in [-0.4, -0.2) is 54.0 Å². The number of nitrogens with one attached hydrogen (secondary N) is 1. The largest absolute Gasteiger partial charge is 0.370 e. The van der Waals surface area contributed by atoms with Gasteiger partial charge < -0.3 is 19.7 Å². The van der Waals surface area contributed by atoms with E-state index in [4.69, 9.17) is 9.47 Å². The first-order chi connectivity index (χ1) is 25.8. The monoisotopic (exact) mass is 692 g/mol. The van der Waals surface area contributed by atoms with E-state index in [2.05, 4.69) is 126 Å². The number of allylic oxidation sites excluding steroid dienone is 11. The van der Waals surface area contributed by atoms with Gasteiger partial charge in [0.15, 0.2) is 0 Å². The zero-order valence-corrected chi connectivity index (χ0v) is 30.6. The van der Waals surface area contributed by atoms with Crippen LogP contribution in [0.1, 0.15) is 64.2 Å². The zero-order valence-electron chi connectivity index (χ0n) is 30.6. The lowest BCUT2D eigenvalue weighted by Gasteiger charge is -2.67. The Bertz CT molecular complexity index is 1780. The number of fused-ring (bicyclic) bond motifs is 11. The van der Waals surface area contributed by atoms with E-state index >= 15 is 0 Å². The van der Waals surface area contributed by atoms with Crippen molar-refractivity contribution in [2.45, 2.75) is 107 Å².